The Bertz CT molecular complexity index is 786. The minimum atomic E-state index is -0.322. The molecule has 2 aromatic carbocycles. The maximum Gasteiger partial charge on any atom is 0.277 e. The SMILES string of the molecule is COc1ccc(/C(C)=N/NC(=O)COc2ccc(C(C)C)cc2Br)cc1. The van der Waals surface area contributed by atoms with Crippen LogP contribution in [-0.2, 0) is 4.79 Å². The molecule has 2 rings (SSSR count). The quantitative estimate of drug-likeness (QED) is 0.531. The van der Waals surface area contributed by atoms with Gasteiger partial charge in [0.25, 0.3) is 5.91 Å². The first-order valence-electron chi connectivity index (χ1n) is 8.30. The minimum absolute atomic E-state index is 0.112. The molecule has 0 atom stereocenters. The van der Waals surface area contributed by atoms with E-state index in [4.69, 9.17) is 9.47 Å². The molecule has 0 aliphatic heterocycles. The van der Waals surface area contributed by atoms with Crippen LogP contribution in [0.3, 0.4) is 0 Å². The summed E-state index contributed by atoms with van der Waals surface area (Å²) < 4.78 is 11.5. The summed E-state index contributed by atoms with van der Waals surface area (Å²) >= 11 is 3.48. The van der Waals surface area contributed by atoms with Crippen LogP contribution in [0.2, 0.25) is 0 Å². The van der Waals surface area contributed by atoms with Crippen LogP contribution in [0.4, 0.5) is 0 Å². The average molecular weight is 419 g/mol. The number of halogens is 1. The molecule has 0 heterocycles. The van der Waals surface area contributed by atoms with E-state index in [1.54, 1.807) is 7.11 Å². The summed E-state index contributed by atoms with van der Waals surface area (Å²) in [6, 6.07) is 13.3. The molecule has 26 heavy (non-hydrogen) atoms. The fourth-order valence-electron chi connectivity index (χ4n) is 2.21. The van der Waals surface area contributed by atoms with E-state index < -0.39 is 0 Å². The van der Waals surface area contributed by atoms with E-state index in [2.05, 4.69) is 40.3 Å². The van der Waals surface area contributed by atoms with Crippen molar-refractivity contribution >= 4 is 27.5 Å². The van der Waals surface area contributed by atoms with Gasteiger partial charge in [0, 0.05) is 0 Å². The van der Waals surface area contributed by atoms with E-state index >= 15 is 0 Å². The van der Waals surface area contributed by atoms with E-state index in [0.29, 0.717) is 17.4 Å². The number of methoxy groups -OCH3 is 1. The fourth-order valence-corrected chi connectivity index (χ4v) is 2.72. The van der Waals surface area contributed by atoms with E-state index in [9.17, 15) is 4.79 Å². The van der Waals surface area contributed by atoms with Gasteiger partial charge in [-0.15, -0.1) is 0 Å². The van der Waals surface area contributed by atoms with Crippen molar-refractivity contribution in [2.75, 3.05) is 13.7 Å². The first-order valence-corrected chi connectivity index (χ1v) is 9.09. The van der Waals surface area contributed by atoms with Gasteiger partial charge in [-0.05, 0) is 76.3 Å². The number of nitrogens with one attached hydrogen (secondary N) is 1. The number of benzene rings is 2. The third-order valence-electron chi connectivity index (χ3n) is 3.84. The lowest BCUT2D eigenvalue weighted by Crippen LogP contribution is -2.25. The Balaban J connectivity index is 1.90. The van der Waals surface area contributed by atoms with Crippen molar-refractivity contribution in [1.29, 1.82) is 0 Å². The second-order valence-electron chi connectivity index (χ2n) is 6.09. The highest BCUT2D eigenvalue weighted by Crippen LogP contribution is 2.28. The van der Waals surface area contributed by atoms with Gasteiger partial charge in [0.1, 0.15) is 11.5 Å². The Morgan fingerprint density at radius 3 is 2.46 bits per heavy atom. The predicted molar refractivity (Wildman–Crippen MR) is 107 cm³/mol. The maximum absolute atomic E-state index is 12.0. The minimum Gasteiger partial charge on any atom is -0.497 e. The highest BCUT2D eigenvalue weighted by atomic mass is 79.9. The van der Waals surface area contributed by atoms with Crippen molar-refractivity contribution in [2.24, 2.45) is 5.10 Å². The number of amides is 1. The summed E-state index contributed by atoms with van der Waals surface area (Å²) in [7, 11) is 1.62. The van der Waals surface area contributed by atoms with Crippen molar-refractivity contribution in [3.63, 3.8) is 0 Å². The van der Waals surface area contributed by atoms with Crippen LogP contribution in [-0.4, -0.2) is 25.3 Å². The molecule has 138 valence electrons. The molecule has 0 fully saturated rings. The molecule has 0 aromatic heterocycles. The molecule has 0 spiro atoms. The average Bonchev–Trinajstić information content (AvgIpc) is 2.65. The third-order valence-corrected chi connectivity index (χ3v) is 4.46. The van der Waals surface area contributed by atoms with Gasteiger partial charge in [-0.3, -0.25) is 4.79 Å². The van der Waals surface area contributed by atoms with Gasteiger partial charge in [0.15, 0.2) is 6.61 Å². The molecule has 0 saturated carbocycles. The van der Waals surface area contributed by atoms with Crippen LogP contribution >= 0.6 is 15.9 Å². The number of hydrogen-bond acceptors (Lipinski definition) is 4. The standard InChI is InChI=1S/C20H23BrN2O3/c1-13(2)16-7-10-19(18(21)11-16)26-12-20(24)23-22-14(3)15-5-8-17(25-4)9-6-15/h5-11,13H,12H2,1-4H3,(H,23,24)/b22-14+. The number of nitrogens with zero attached hydrogens (tertiary/aromatic N) is 1. The molecule has 0 saturated heterocycles. The first-order chi connectivity index (χ1) is 12.4. The molecule has 0 aliphatic carbocycles. The molecule has 0 aliphatic rings. The zero-order chi connectivity index (χ0) is 19.1. The summed E-state index contributed by atoms with van der Waals surface area (Å²) in [6.45, 7) is 5.96. The zero-order valence-electron chi connectivity index (χ0n) is 15.4. The van der Waals surface area contributed by atoms with Crippen molar-refractivity contribution in [3.8, 4) is 11.5 Å². The third kappa shape index (κ3) is 5.59. The number of hydrazone groups is 1. The molecular weight excluding hydrogens is 396 g/mol. The Hall–Kier alpha value is -2.34. The molecule has 0 bridgehead atoms. The topological polar surface area (TPSA) is 59.9 Å². The van der Waals surface area contributed by atoms with Gasteiger partial charge in [-0.25, -0.2) is 5.43 Å². The lowest BCUT2D eigenvalue weighted by atomic mass is 10.0. The fraction of sp³-hybridized carbons (Fsp3) is 0.300. The van der Waals surface area contributed by atoms with Crippen molar-refractivity contribution in [2.45, 2.75) is 26.7 Å². The Labute approximate surface area is 162 Å². The predicted octanol–water partition coefficient (Wildman–Crippen LogP) is 4.50. The van der Waals surface area contributed by atoms with Gasteiger partial charge < -0.3 is 9.47 Å². The normalized spacial score (nSPS) is 11.4. The summed E-state index contributed by atoms with van der Waals surface area (Å²) in [5.74, 6) is 1.50. The Morgan fingerprint density at radius 1 is 1.19 bits per heavy atom. The second-order valence-corrected chi connectivity index (χ2v) is 6.95. The number of rotatable bonds is 7. The van der Waals surface area contributed by atoms with Crippen LogP contribution in [0.15, 0.2) is 52.0 Å². The van der Waals surface area contributed by atoms with Gasteiger partial charge >= 0.3 is 0 Å². The Kier molecular flexibility index (Phi) is 7.21. The zero-order valence-corrected chi connectivity index (χ0v) is 17.0. The summed E-state index contributed by atoms with van der Waals surface area (Å²) in [5, 5.41) is 4.11. The highest BCUT2D eigenvalue weighted by molar-refractivity contribution is 9.10. The molecule has 6 heteroatoms. The van der Waals surface area contributed by atoms with E-state index in [1.807, 2.05) is 49.4 Å². The van der Waals surface area contributed by atoms with Crippen LogP contribution in [0.25, 0.3) is 0 Å². The number of ether oxygens (including phenoxy) is 2. The molecule has 2 aromatic rings. The van der Waals surface area contributed by atoms with Crippen LogP contribution in [0.5, 0.6) is 11.5 Å². The van der Waals surface area contributed by atoms with Gasteiger partial charge in [-0.1, -0.05) is 19.9 Å². The number of hydrogen-bond donors (Lipinski definition) is 1. The van der Waals surface area contributed by atoms with E-state index in [0.717, 1.165) is 15.8 Å². The lowest BCUT2D eigenvalue weighted by molar-refractivity contribution is -0.123. The number of carbonyl (C=O) groups excluding carboxylic acids is 1. The summed E-state index contributed by atoms with van der Waals surface area (Å²) in [4.78, 5) is 12.0. The van der Waals surface area contributed by atoms with Crippen molar-refractivity contribution in [3.05, 3.63) is 58.1 Å². The highest BCUT2D eigenvalue weighted by Gasteiger charge is 2.08. The van der Waals surface area contributed by atoms with Crippen molar-refractivity contribution < 1.29 is 14.3 Å². The largest absolute Gasteiger partial charge is 0.497 e. The van der Waals surface area contributed by atoms with Gasteiger partial charge in [0.2, 0.25) is 0 Å². The molecule has 1 N–H and O–H groups in total. The number of carbonyl (C=O) groups is 1. The molecule has 0 radical (unpaired) electrons. The van der Waals surface area contributed by atoms with Crippen LogP contribution in [0, 0.1) is 0 Å². The van der Waals surface area contributed by atoms with Crippen LogP contribution < -0.4 is 14.9 Å². The second kappa shape index (κ2) is 9.38. The Morgan fingerprint density at radius 2 is 1.88 bits per heavy atom. The van der Waals surface area contributed by atoms with Gasteiger partial charge in [-0.2, -0.15) is 5.10 Å². The maximum atomic E-state index is 12.0. The summed E-state index contributed by atoms with van der Waals surface area (Å²) in [5.41, 5.74) is 5.31. The summed E-state index contributed by atoms with van der Waals surface area (Å²) in [6.07, 6.45) is 0. The smallest absolute Gasteiger partial charge is 0.277 e. The van der Waals surface area contributed by atoms with Crippen LogP contribution in [0.1, 0.15) is 37.8 Å². The monoisotopic (exact) mass is 418 g/mol. The van der Waals surface area contributed by atoms with E-state index in [1.165, 1.54) is 5.56 Å². The molecule has 5 nitrogen and oxygen atoms in total. The lowest BCUT2D eigenvalue weighted by Gasteiger charge is -2.11. The first kappa shape index (κ1) is 20.0. The molecular formula is C20H23BrN2O3. The van der Waals surface area contributed by atoms with Crippen molar-refractivity contribution in [1.82, 2.24) is 5.43 Å². The molecule has 1 amide bonds. The van der Waals surface area contributed by atoms with E-state index in [-0.39, 0.29) is 12.5 Å². The van der Waals surface area contributed by atoms with Gasteiger partial charge in [0.05, 0.1) is 17.3 Å². The molecule has 0 unspecified atom stereocenters.